The summed E-state index contributed by atoms with van der Waals surface area (Å²) in [6.45, 7) is 8.70. The van der Waals surface area contributed by atoms with Crippen molar-refractivity contribution < 1.29 is 4.52 Å². The van der Waals surface area contributed by atoms with Crippen molar-refractivity contribution in [2.45, 2.75) is 13.5 Å². The zero-order valence-corrected chi connectivity index (χ0v) is 5.09. The third-order valence-corrected chi connectivity index (χ3v) is 1.10. The van der Waals surface area contributed by atoms with E-state index in [-0.39, 0.29) is 0 Å². The van der Waals surface area contributed by atoms with E-state index in [0.717, 1.165) is 11.3 Å². The fourth-order valence-electron chi connectivity index (χ4n) is 0.556. The molecule has 3 heteroatoms. The van der Waals surface area contributed by atoms with E-state index < -0.39 is 0 Å². The first kappa shape index (κ1) is 5.83. The quantitative estimate of drug-likeness (QED) is 0.527. The molecule has 1 heterocycles. The molecule has 0 N–H and O–H groups in total. The third-order valence-electron chi connectivity index (χ3n) is 1.10. The van der Waals surface area contributed by atoms with Gasteiger partial charge in [-0.05, 0) is 6.92 Å². The lowest BCUT2D eigenvalue weighted by Gasteiger charge is -1.79. The number of nitrogens with zero attached hydrogens (tertiary/aromatic N) is 2. The summed E-state index contributed by atoms with van der Waals surface area (Å²) < 4.78 is 4.72. The second-order valence-electron chi connectivity index (χ2n) is 1.72. The van der Waals surface area contributed by atoms with E-state index in [1.165, 1.54) is 0 Å². The summed E-state index contributed by atoms with van der Waals surface area (Å²) in [5.74, 6) is 0.742. The van der Waals surface area contributed by atoms with Crippen molar-refractivity contribution in [2.75, 3.05) is 0 Å². The van der Waals surface area contributed by atoms with Crippen LogP contribution in [0.4, 0.5) is 0 Å². The molecule has 1 rings (SSSR count). The maximum absolute atomic E-state index is 6.53. The molecule has 1 aromatic rings. The molecule has 0 bridgehead atoms. The molecule has 0 aliphatic heterocycles. The molecule has 0 aromatic carbocycles. The van der Waals surface area contributed by atoms with Gasteiger partial charge in [-0.1, -0.05) is 5.16 Å². The minimum Gasteiger partial charge on any atom is -0.361 e. The van der Waals surface area contributed by atoms with Crippen LogP contribution in [0.3, 0.4) is 0 Å². The van der Waals surface area contributed by atoms with Crippen LogP contribution in [0.15, 0.2) is 10.7 Å². The van der Waals surface area contributed by atoms with Crippen molar-refractivity contribution in [3.63, 3.8) is 0 Å². The Morgan fingerprint density at radius 3 is 3.11 bits per heavy atom. The minimum absolute atomic E-state index is 0.370. The molecular formula is C6H6N2O. The average Bonchev–Trinajstić information content (AvgIpc) is 2.18. The van der Waals surface area contributed by atoms with Crippen molar-refractivity contribution >= 4 is 0 Å². The number of hydrogen-bond acceptors (Lipinski definition) is 2. The van der Waals surface area contributed by atoms with Crippen LogP contribution in [-0.2, 0) is 6.54 Å². The van der Waals surface area contributed by atoms with Crippen LogP contribution in [-0.4, -0.2) is 5.16 Å². The Hall–Kier alpha value is -1.30. The van der Waals surface area contributed by atoms with Crippen LogP contribution in [0.25, 0.3) is 4.85 Å². The molecule has 0 unspecified atom stereocenters. The third kappa shape index (κ3) is 1.08. The highest BCUT2D eigenvalue weighted by Gasteiger charge is 2.02. The molecular weight excluding hydrogens is 116 g/mol. The molecule has 0 saturated carbocycles. The lowest BCUT2D eigenvalue weighted by atomic mass is 10.3. The van der Waals surface area contributed by atoms with Crippen LogP contribution in [0.1, 0.15) is 11.3 Å². The standard InChI is InChI=1S/C6H6N2O/c1-5-6(3-7-2)4-8-9-5/h4H,3H2,1H3. The van der Waals surface area contributed by atoms with E-state index in [0.29, 0.717) is 6.54 Å². The second-order valence-corrected chi connectivity index (χ2v) is 1.72. The van der Waals surface area contributed by atoms with Gasteiger partial charge < -0.3 is 9.37 Å². The van der Waals surface area contributed by atoms with Gasteiger partial charge in [0.15, 0.2) is 0 Å². The zero-order valence-electron chi connectivity index (χ0n) is 5.09. The summed E-state index contributed by atoms with van der Waals surface area (Å²) in [6, 6.07) is 0. The van der Waals surface area contributed by atoms with E-state index in [4.69, 9.17) is 11.1 Å². The summed E-state index contributed by atoms with van der Waals surface area (Å²) in [5, 5.41) is 3.52. The zero-order chi connectivity index (χ0) is 6.69. The van der Waals surface area contributed by atoms with E-state index >= 15 is 0 Å². The maximum atomic E-state index is 6.53. The molecule has 3 nitrogen and oxygen atoms in total. The smallest absolute Gasteiger partial charge is 0.244 e. The normalized spacial score (nSPS) is 8.89. The summed E-state index contributed by atoms with van der Waals surface area (Å²) in [6.07, 6.45) is 1.58. The molecule has 46 valence electrons. The fraction of sp³-hybridized carbons (Fsp3) is 0.333. The van der Waals surface area contributed by atoms with Crippen LogP contribution in [0.2, 0.25) is 0 Å². The first-order valence-corrected chi connectivity index (χ1v) is 2.58. The molecule has 0 aliphatic carbocycles. The predicted molar refractivity (Wildman–Crippen MR) is 31.5 cm³/mol. The first-order chi connectivity index (χ1) is 4.34. The molecule has 1 aromatic heterocycles. The molecule has 0 radical (unpaired) electrons. The number of hydrogen-bond donors (Lipinski definition) is 0. The number of rotatable bonds is 1. The molecule has 9 heavy (non-hydrogen) atoms. The Morgan fingerprint density at radius 1 is 1.89 bits per heavy atom. The van der Waals surface area contributed by atoms with E-state index in [2.05, 4.69) is 10.0 Å². The van der Waals surface area contributed by atoms with E-state index in [9.17, 15) is 0 Å². The summed E-state index contributed by atoms with van der Waals surface area (Å²) >= 11 is 0. The maximum Gasteiger partial charge on any atom is 0.244 e. The van der Waals surface area contributed by atoms with Crippen LogP contribution in [0, 0.1) is 13.5 Å². The van der Waals surface area contributed by atoms with Gasteiger partial charge in [-0.3, -0.25) is 0 Å². The van der Waals surface area contributed by atoms with Crippen molar-refractivity contribution in [3.05, 3.63) is 28.9 Å². The average molecular weight is 122 g/mol. The number of aryl methyl sites for hydroxylation is 1. The topological polar surface area (TPSA) is 30.4 Å². The molecule has 0 spiro atoms. The largest absolute Gasteiger partial charge is 0.361 e. The fourth-order valence-corrected chi connectivity index (χ4v) is 0.556. The van der Waals surface area contributed by atoms with Gasteiger partial charge in [0, 0.05) is 0 Å². The van der Waals surface area contributed by atoms with Crippen LogP contribution >= 0.6 is 0 Å². The molecule has 0 fully saturated rings. The minimum atomic E-state index is 0.370. The van der Waals surface area contributed by atoms with Gasteiger partial charge in [-0.2, -0.15) is 0 Å². The van der Waals surface area contributed by atoms with Crippen molar-refractivity contribution in [2.24, 2.45) is 0 Å². The van der Waals surface area contributed by atoms with Gasteiger partial charge >= 0.3 is 0 Å². The van der Waals surface area contributed by atoms with Crippen LogP contribution < -0.4 is 0 Å². The molecule has 0 amide bonds. The monoisotopic (exact) mass is 122 g/mol. The predicted octanol–water partition coefficient (Wildman–Crippen LogP) is 1.40. The lowest BCUT2D eigenvalue weighted by molar-refractivity contribution is 0.396. The van der Waals surface area contributed by atoms with Crippen molar-refractivity contribution in [1.82, 2.24) is 5.16 Å². The lowest BCUT2D eigenvalue weighted by Crippen LogP contribution is -1.75. The molecule has 0 saturated heterocycles. The molecule has 0 aliphatic rings. The summed E-state index contributed by atoms with van der Waals surface area (Å²) in [7, 11) is 0. The Balaban J connectivity index is 2.84. The van der Waals surface area contributed by atoms with E-state index in [1.807, 2.05) is 0 Å². The van der Waals surface area contributed by atoms with Crippen molar-refractivity contribution in [3.8, 4) is 0 Å². The van der Waals surface area contributed by atoms with Crippen LogP contribution in [0.5, 0.6) is 0 Å². The highest BCUT2D eigenvalue weighted by atomic mass is 16.5. The van der Waals surface area contributed by atoms with Gasteiger partial charge in [-0.15, -0.1) is 0 Å². The Labute approximate surface area is 53.1 Å². The van der Waals surface area contributed by atoms with Gasteiger partial charge in [0.2, 0.25) is 6.54 Å². The second kappa shape index (κ2) is 2.31. The highest BCUT2D eigenvalue weighted by molar-refractivity contribution is 5.12. The Bertz CT molecular complexity index is 233. The SMILES string of the molecule is [C-]#[N+]Cc1cnoc1C. The Morgan fingerprint density at radius 2 is 2.67 bits per heavy atom. The first-order valence-electron chi connectivity index (χ1n) is 2.58. The summed E-state index contributed by atoms with van der Waals surface area (Å²) in [4.78, 5) is 3.19. The van der Waals surface area contributed by atoms with Gasteiger partial charge in [-0.25, -0.2) is 6.57 Å². The van der Waals surface area contributed by atoms with E-state index in [1.54, 1.807) is 13.1 Å². The van der Waals surface area contributed by atoms with Crippen molar-refractivity contribution in [1.29, 1.82) is 0 Å². The van der Waals surface area contributed by atoms with Gasteiger partial charge in [0.1, 0.15) is 5.76 Å². The molecule has 0 atom stereocenters. The highest BCUT2D eigenvalue weighted by Crippen LogP contribution is 2.05. The van der Waals surface area contributed by atoms with Gasteiger partial charge in [0.05, 0.1) is 11.8 Å². The Kier molecular flexibility index (Phi) is 1.50. The van der Waals surface area contributed by atoms with Gasteiger partial charge in [0.25, 0.3) is 0 Å². The summed E-state index contributed by atoms with van der Waals surface area (Å²) in [5.41, 5.74) is 0.880. The number of aromatic nitrogens is 1.